The first-order valence-corrected chi connectivity index (χ1v) is 5.62. The summed E-state index contributed by atoms with van der Waals surface area (Å²) in [6.45, 7) is 2.08. The maximum absolute atomic E-state index is 11.2. The predicted molar refractivity (Wildman–Crippen MR) is 60.7 cm³/mol. The standard InChI is InChI=1S/C11H14N4O/c16-9-3-6-15-10(7-9)13-11(14-15)8-1-4-12-5-2-8/h3,6-8,12H,1-2,4-5H2,(H,13,14). The summed E-state index contributed by atoms with van der Waals surface area (Å²) in [6.07, 6.45) is 3.93. The minimum atomic E-state index is 0.00311. The molecule has 2 aromatic rings. The zero-order chi connectivity index (χ0) is 11.0. The van der Waals surface area contributed by atoms with Crippen LogP contribution in [0.4, 0.5) is 0 Å². The van der Waals surface area contributed by atoms with E-state index in [0.29, 0.717) is 11.6 Å². The average molecular weight is 218 g/mol. The van der Waals surface area contributed by atoms with Crippen LogP contribution in [0, 0.1) is 0 Å². The summed E-state index contributed by atoms with van der Waals surface area (Å²) in [5.41, 5.74) is 0.712. The Labute approximate surface area is 92.5 Å². The lowest BCUT2D eigenvalue weighted by molar-refractivity contribution is 0.445. The van der Waals surface area contributed by atoms with Crippen molar-refractivity contribution in [2.75, 3.05) is 13.1 Å². The second kappa shape index (κ2) is 3.75. The molecule has 0 spiro atoms. The third-order valence-electron chi connectivity index (χ3n) is 3.10. The summed E-state index contributed by atoms with van der Waals surface area (Å²) in [7, 11) is 0. The molecule has 3 rings (SSSR count). The van der Waals surface area contributed by atoms with Gasteiger partial charge in [0.2, 0.25) is 0 Å². The van der Waals surface area contributed by atoms with E-state index in [9.17, 15) is 4.79 Å². The second-order valence-electron chi connectivity index (χ2n) is 4.22. The molecule has 0 aromatic carbocycles. The lowest BCUT2D eigenvalue weighted by Gasteiger charge is -2.19. The summed E-state index contributed by atoms with van der Waals surface area (Å²) in [4.78, 5) is 15.7. The molecule has 0 unspecified atom stereocenters. The minimum Gasteiger partial charge on any atom is -0.317 e. The van der Waals surface area contributed by atoms with Gasteiger partial charge in [0, 0.05) is 24.2 Å². The van der Waals surface area contributed by atoms with Crippen LogP contribution in [-0.4, -0.2) is 27.7 Å². The molecule has 2 N–H and O–H groups in total. The van der Waals surface area contributed by atoms with Crippen molar-refractivity contribution in [3.63, 3.8) is 0 Å². The predicted octanol–water partition coefficient (Wildman–Crippen LogP) is 0.490. The number of piperidine rings is 1. The lowest BCUT2D eigenvalue weighted by Crippen LogP contribution is -2.27. The zero-order valence-electron chi connectivity index (χ0n) is 8.94. The highest BCUT2D eigenvalue weighted by Crippen LogP contribution is 2.22. The molecule has 0 atom stereocenters. The van der Waals surface area contributed by atoms with Gasteiger partial charge >= 0.3 is 0 Å². The van der Waals surface area contributed by atoms with Crippen LogP contribution in [0.2, 0.25) is 0 Å². The summed E-state index contributed by atoms with van der Waals surface area (Å²) in [5.74, 6) is 1.48. The van der Waals surface area contributed by atoms with Crippen LogP contribution in [0.5, 0.6) is 0 Å². The maximum Gasteiger partial charge on any atom is 0.183 e. The monoisotopic (exact) mass is 218 g/mol. The summed E-state index contributed by atoms with van der Waals surface area (Å²) in [6, 6.07) is 3.10. The highest BCUT2D eigenvalue weighted by molar-refractivity contribution is 5.36. The van der Waals surface area contributed by atoms with Gasteiger partial charge in [0.15, 0.2) is 11.1 Å². The molecule has 84 valence electrons. The number of aromatic amines is 1. The third-order valence-corrected chi connectivity index (χ3v) is 3.10. The molecule has 16 heavy (non-hydrogen) atoms. The van der Waals surface area contributed by atoms with Crippen LogP contribution in [0.25, 0.3) is 5.65 Å². The molecule has 1 fully saturated rings. The molecule has 0 radical (unpaired) electrons. The van der Waals surface area contributed by atoms with Crippen LogP contribution >= 0.6 is 0 Å². The van der Waals surface area contributed by atoms with Gasteiger partial charge in [-0.3, -0.25) is 9.89 Å². The Kier molecular flexibility index (Phi) is 2.25. The molecule has 1 saturated heterocycles. The van der Waals surface area contributed by atoms with Gasteiger partial charge in [-0.15, -0.1) is 0 Å². The number of hydrogen-bond donors (Lipinski definition) is 2. The number of pyridine rings is 1. The molecule has 5 heteroatoms. The second-order valence-corrected chi connectivity index (χ2v) is 4.22. The fourth-order valence-electron chi connectivity index (χ4n) is 2.20. The lowest BCUT2D eigenvalue weighted by atomic mass is 9.98. The first-order valence-electron chi connectivity index (χ1n) is 5.62. The largest absolute Gasteiger partial charge is 0.317 e. The van der Waals surface area contributed by atoms with E-state index in [2.05, 4.69) is 15.4 Å². The van der Waals surface area contributed by atoms with Gasteiger partial charge in [0.1, 0.15) is 5.82 Å². The van der Waals surface area contributed by atoms with Gasteiger partial charge < -0.3 is 5.32 Å². The Morgan fingerprint density at radius 2 is 2.19 bits per heavy atom. The topological polar surface area (TPSA) is 62.2 Å². The van der Waals surface area contributed by atoms with Crippen molar-refractivity contribution in [1.29, 1.82) is 0 Å². The first-order chi connectivity index (χ1) is 7.83. The van der Waals surface area contributed by atoms with Gasteiger partial charge in [0.05, 0.1) is 0 Å². The molecule has 1 aliphatic heterocycles. The van der Waals surface area contributed by atoms with Crippen LogP contribution in [0.3, 0.4) is 0 Å². The Morgan fingerprint density at radius 1 is 1.38 bits per heavy atom. The Hall–Kier alpha value is -1.62. The molecular formula is C11H14N4O. The number of fused-ring (bicyclic) bond motifs is 1. The smallest absolute Gasteiger partial charge is 0.183 e. The van der Waals surface area contributed by atoms with Crippen LogP contribution in [0.1, 0.15) is 24.6 Å². The van der Waals surface area contributed by atoms with E-state index in [1.165, 1.54) is 6.07 Å². The van der Waals surface area contributed by atoms with Gasteiger partial charge in [-0.05, 0) is 25.9 Å². The number of nitrogens with zero attached hydrogens (tertiary/aromatic N) is 2. The summed E-state index contributed by atoms with van der Waals surface area (Å²) < 4.78 is 1.80. The normalized spacial score (nSPS) is 18.0. The molecular weight excluding hydrogens is 204 g/mol. The van der Waals surface area contributed by atoms with Gasteiger partial charge in [-0.25, -0.2) is 9.50 Å². The Morgan fingerprint density at radius 3 is 3.00 bits per heavy atom. The average Bonchev–Trinajstić information content (AvgIpc) is 2.73. The van der Waals surface area contributed by atoms with Gasteiger partial charge in [0.25, 0.3) is 0 Å². The van der Waals surface area contributed by atoms with E-state index in [-0.39, 0.29) is 5.43 Å². The first kappa shape index (κ1) is 9.59. The number of rotatable bonds is 1. The third kappa shape index (κ3) is 1.63. The van der Waals surface area contributed by atoms with Crippen molar-refractivity contribution in [3.8, 4) is 0 Å². The van der Waals surface area contributed by atoms with Crippen molar-refractivity contribution >= 4 is 5.65 Å². The van der Waals surface area contributed by atoms with Crippen LogP contribution in [0.15, 0.2) is 23.1 Å². The van der Waals surface area contributed by atoms with E-state index in [1.807, 2.05) is 0 Å². The Bertz CT molecular complexity index is 550. The highest BCUT2D eigenvalue weighted by atomic mass is 16.1. The van der Waals surface area contributed by atoms with E-state index >= 15 is 0 Å². The van der Waals surface area contributed by atoms with Crippen LogP contribution in [-0.2, 0) is 0 Å². The van der Waals surface area contributed by atoms with Crippen molar-refractivity contribution in [1.82, 2.24) is 19.9 Å². The van der Waals surface area contributed by atoms with Crippen LogP contribution < -0.4 is 10.7 Å². The fraction of sp³-hybridized carbons (Fsp3) is 0.455. The fourth-order valence-corrected chi connectivity index (χ4v) is 2.20. The van der Waals surface area contributed by atoms with E-state index in [1.54, 1.807) is 16.8 Å². The maximum atomic E-state index is 11.2. The van der Waals surface area contributed by atoms with E-state index < -0.39 is 0 Å². The number of hydrogen-bond acceptors (Lipinski definition) is 3. The quantitative estimate of drug-likeness (QED) is 0.732. The molecule has 0 aliphatic carbocycles. The van der Waals surface area contributed by atoms with Crippen molar-refractivity contribution in [2.45, 2.75) is 18.8 Å². The van der Waals surface area contributed by atoms with E-state index in [0.717, 1.165) is 31.8 Å². The Balaban J connectivity index is 2.00. The molecule has 2 aromatic heterocycles. The zero-order valence-corrected chi connectivity index (χ0v) is 8.94. The van der Waals surface area contributed by atoms with Crippen molar-refractivity contribution in [2.24, 2.45) is 0 Å². The highest BCUT2D eigenvalue weighted by Gasteiger charge is 2.18. The molecule has 3 heterocycles. The molecule has 1 aliphatic rings. The molecule has 0 amide bonds. The van der Waals surface area contributed by atoms with Gasteiger partial charge in [-0.1, -0.05) is 0 Å². The SMILES string of the molecule is O=c1ccn2[nH]c(C3CCNCC3)nc2c1. The van der Waals surface area contributed by atoms with Gasteiger partial charge in [-0.2, -0.15) is 0 Å². The molecule has 0 bridgehead atoms. The summed E-state index contributed by atoms with van der Waals surface area (Å²) >= 11 is 0. The van der Waals surface area contributed by atoms with E-state index in [4.69, 9.17) is 0 Å². The molecule has 5 nitrogen and oxygen atoms in total. The number of H-pyrrole nitrogens is 1. The molecule has 0 saturated carbocycles. The van der Waals surface area contributed by atoms with Crippen molar-refractivity contribution < 1.29 is 0 Å². The summed E-state index contributed by atoms with van der Waals surface area (Å²) in [5, 5.41) is 6.56. The minimum absolute atomic E-state index is 0.00311. The van der Waals surface area contributed by atoms with Crippen molar-refractivity contribution in [3.05, 3.63) is 34.4 Å². The number of aromatic nitrogens is 3. The number of nitrogens with one attached hydrogen (secondary N) is 2.